The SMILES string of the molecule is C[C@H]1CCCC[C@@H]1NC(=O)CSc1n[nH]c(-c2cccs2)n1. The largest absolute Gasteiger partial charge is 0.352 e. The van der Waals surface area contributed by atoms with Crippen molar-refractivity contribution < 1.29 is 4.79 Å². The molecule has 3 rings (SSSR count). The molecule has 2 aromatic rings. The lowest BCUT2D eigenvalue weighted by molar-refractivity contribution is -0.119. The highest BCUT2D eigenvalue weighted by atomic mass is 32.2. The fraction of sp³-hybridized carbons (Fsp3) is 0.533. The summed E-state index contributed by atoms with van der Waals surface area (Å²) in [6.45, 7) is 2.22. The van der Waals surface area contributed by atoms with Gasteiger partial charge in [0.05, 0.1) is 10.6 Å². The zero-order chi connectivity index (χ0) is 15.4. The first-order chi connectivity index (χ1) is 10.7. The number of thiophene rings is 1. The molecule has 2 heterocycles. The number of amides is 1. The van der Waals surface area contributed by atoms with Crippen LogP contribution in [0.2, 0.25) is 0 Å². The number of thioether (sulfide) groups is 1. The molecule has 2 N–H and O–H groups in total. The van der Waals surface area contributed by atoms with Gasteiger partial charge < -0.3 is 5.32 Å². The van der Waals surface area contributed by atoms with Gasteiger partial charge in [-0.3, -0.25) is 9.89 Å². The van der Waals surface area contributed by atoms with Crippen LogP contribution >= 0.6 is 23.1 Å². The lowest BCUT2D eigenvalue weighted by Gasteiger charge is -2.29. The molecule has 7 heteroatoms. The second-order valence-electron chi connectivity index (χ2n) is 5.67. The summed E-state index contributed by atoms with van der Waals surface area (Å²) < 4.78 is 0. The Balaban J connectivity index is 1.49. The Morgan fingerprint density at radius 2 is 2.36 bits per heavy atom. The normalized spacial score (nSPS) is 21.7. The van der Waals surface area contributed by atoms with Crippen LogP contribution in [0.4, 0.5) is 0 Å². The number of H-pyrrole nitrogens is 1. The monoisotopic (exact) mass is 336 g/mol. The molecule has 1 aliphatic rings. The predicted molar refractivity (Wildman–Crippen MR) is 90.0 cm³/mol. The standard InChI is InChI=1S/C15H20N4OS2/c1-10-5-2-3-6-11(10)16-13(20)9-22-15-17-14(18-19-15)12-7-4-8-21-12/h4,7-8,10-11H,2-3,5-6,9H2,1H3,(H,16,20)(H,17,18,19)/t10-,11-/m0/s1. The number of aromatic nitrogens is 3. The van der Waals surface area contributed by atoms with Crippen LogP contribution in [0.15, 0.2) is 22.7 Å². The van der Waals surface area contributed by atoms with E-state index in [0.29, 0.717) is 22.9 Å². The molecule has 1 fully saturated rings. The molecule has 0 aromatic carbocycles. The molecular weight excluding hydrogens is 316 g/mol. The molecule has 1 aliphatic carbocycles. The maximum absolute atomic E-state index is 12.1. The van der Waals surface area contributed by atoms with Gasteiger partial charge in [0.1, 0.15) is 0 Å². The van der Waals surface area contributed by atoms with Crippen molar-refractivity contribution in [3.63, 3.8) is 0 Å². The van der Waals surface area contributed by atoms with E-state index < -0.39 is 0 Å². The zero-order valence-corrected chi connectivity index (χ0v) is 14.2. The molecule has 1 amide bonds. The molecule has 5 nitrogen and oxygen atoms in total. The van der Waals surface area contributed by atoms with Gasteiger partial charge in [0, 0.05) is 6.04 Å². The van der Waals surface area contributed by atoms with Gasteiger partial charge in [-0.05, 0) is 30.2 Å². The molecule has 0 radical (unpaired) electrons. The minimum Gasteiger partial charge on any atom is -0.352 e. The molecule has 0 aliphatic heterocycles. The quantitative estimate of drug-likeness (QED) is 0.822. The van der Waals surface area contributed by atoms with Crippen molar-refractivity contribution in [2.75, 3.05) is 5.75 Å². The Morgan fingerprint density at radius 3 is 3.14 bits per heavy atom. The number of rotatable bonds is 5. The summed E-state index contributed by atoms with van der Waals surface area (Å²) in [4.78, 5) is 17.5. The van der Waals surface area contributed by atoms with E-state index in [1.54, 1.807) is 11.3 Å². The van der Waals surface area contributed by atoms with Crippen molar-refractivity contribution in [2.24, 2.45) is 5.92 Å². The van der Waals surface area contributed by atoms with Gasteiger partial charge in [0.15, 0.2) is 5.82 Å². The summed E-state index contributed by atoms with van der Waals surface area (Å²) in [6.07, 6.45) is 4.81. The van der Waals surface area contributed by atoms with Crippen molar-refractivity contribution in [1.29, 1.82) is 0 Å². The predicted octanol–water partition coefficient (Wildman–Crippen LogP) is 3.32. The third-order valence-corrected chi connectivity index (χ3v) is 5.73. The smallest absolute Gasteiger partial charge is 0.230 e. The van der Waals surface area contributed by atoms with E-state index in [2.05, 4.69) is 27.4 Å². The molecule has 0 saturated heterocycles. The minimum atomic E-state index is 0.0752. The number of carbonyl (C=O) groups is 1. The fourth-order valence-corrected chi connectivity index (χ4v) is 4.02. The number of carbonyl (C=O) groups excluding carboxylic acids is 1. The Hall–Kier alpha value is -1.34. The zero-order valence-electron chi connectivity index (χ0n) is 12.5. The molecule has 118 valence electrons. The first kappa shape index (κ1) is 15.6. The molecule has 22 heavy (non-hydrogen) atoms. The van der Waals surface area contributed by atoms with E-state index in [4.69, 9.17) is 0 Å². The lowest BCUT2D eigenvalue weighted by Crippen LogP contribution is -2.41. The van der Waals surface area contributed by atoms with Crippen LogP contribution in [0.3, 0.4) is 0 Å². The summed E-state index contributed by atoms with van der Waals surface area (Å²) in [7, 11) is 0. The minimum absolute atomic E-state index is 0.0752. The van der Waals surface area contributed by atoms with E-state index in [9.17, 15) is 4.79 Å². The van der Waals surface area contributed by atoms with Crippen LogP contribution in [0.1, 0.15) is 32.6 Å². The van der Waals surface area contributed by atoms with Gasteiger partial charge >= 0.3 is 0 Å². The van der Waals surface area contributed by atoms with Gasteiger partial charge in [0.2, 0.25) is 11.1 Å². The molecule has 0 spiro atoms. The Kier molecular flexibility index (Phi) is 5.15. The second kappa shape index (κ2) is 7.28. The van der Waals surface area contributed by atoms with Gasteiger partial charge in [-0.25, -0.2) is 4.98 Å². The average Bonchev–Trinajstić information content (AvgIpc) is 3.18. The second-order valence-corrected chi connectivity index (χ2v) is 7.56. The van der Waals surface area contributed by atoms with Crippen LogP contribution in [0.5, 0.6) is 0 Å². The third-order valence-electron chi connectivity index (χ3n) is 4.01. The molecule has 2 atom stereocenters. The van der Waals surface area contributed by atoms with Crippen molar-refractivity contribution in [3.8, 4) is 10.7 Å². The van der Waals surface area contributed by atoms with E-state index in [1.807, 2.05) is 17.5 Å². The topological polar surface area (TPSA) is 70.7 Å². The first-order valence-electron chi connectivity index (χ1n) is 7.61. The first-order valence-corrected chi connectivity index (χ1v) is 9.47. The van der Waals surface area contributed by atoms with Crippen LogP contribution in [-0.2, 0) is 4.79 Å². The van der Waals surface area contributed by atoms with E-state index in [1.165, 1.54) is 31.0 Å². The number of nitrogens with zero attached hydrogens (tertiary/aromatic N) is 2. The van der Waals surface area contributed by atoms with Crippen LogP contribution in [0.25, 0.3) is 10.7 Å². The molecule has 1 saturated carbocycles. The summed E-state index contributed by atoms with van der Waals surface area (Å²) >= 11 is 2.99. The molecule has 0 unspecified atom stereocenters. The summed E-state index contributed by atoms with van der Waals surface area (Å²) in [5.41, 5.74) is 0. The van der Waals surface area contributed by atoms with E-state index >= 15 is 0 Å². The van der Waals surface area contributed by atoms with Crippen LogP contribution in [-0.4, -0.2) is 32.9 Å². The number of hydrogen-bond acceptors (Lipinski definition) is 5. The van der Waals surface area contributed by atoms with E-state index in [0.717, 1.165) is 17.1 Å². The van der Waals surface area contributed by atoms with Crippen molar-refractivity contribution in [3.05, 3.63) is 17.5 Å². The number of aromatic amines is 1. The highest BCUT2D eigenvalue weighted by molar-refractivity contribution is 7.99. The summed E-state index contributed by atoms with van der Waals surface area (Å²) in [6, 6.07) is 4.31. The summed E-state index contributed by atoms with van der Waals surface area (Å²) in [5.74, 6) is 1.78. The van der Waals surface area contributed by atoms with Crippen molar-refractivity contribution in [2.45, 2.75) is 43.8 Å². The maximum atomic E-state index is 12.1. The average molecular weight is 336 g/mol. The Bertz CT molecular complexity index is 611. The highest BCUT2D eigenvalue weighted by Crippen LogP contribution is 2.25. The van der Waals surface area contributed by atoms with Crippen molar-refractivity contribution in [1.82, 2.24) is 20.5 Å². The number of nitrogens with one attached hydrogen (secondary N) is 2. The summed E-state index contributed by atoms with van der Waals surface area (Å²) in [5, 5.41) is 12.9. The lowest BCUT2D eigenvalue weighted by atomic mass is 9.86. The van der Waals surface area contributed by atoms with Gasteiger partial charge in [-0.15, -0.1) is 16.4 Å². The number of hydrogen-bond donors (Lipinski definition) is 2. The van der Waals surface area contributed by atoms with Gasteiger partial charge in [0.25, 0.3) is 0 Å². The van der Waals surface area contributed by atoms with Gasteiger partial charge in [-0.2, -0.15) is 0 Å². The Labute approximate surface area is 138 Å². The maximum Gasteiger partial charge on any atom is 0.230 e. The Morgan fingerprint density at radius 1 is 1.50 bits per heavy atom. The molecule has 2 aromatic heterocycles. The van der Waals surface area contributed by atoms with Crippen molar-refractivity contribution >= 4 is 29.0 Å². The van der Waals surface area contributed by atoms with Crippen LogP contribution in [0, 0.1) is 5.92 Å². The van der Waals surface area contributed by atoms with Gasteiger partial charge in [-0.1, -0.05) is 37.6 Å². The molecular formula is C15H20N4OS2. The van der Waals surface area contributed by atoms with Crippen LogP contribution < -0.4 is 5.32 Å². The molecule has 0 bridgehead atoms. The fourth-order valence-electron chi connectivity index (χ4n) is 2.74. The van der Waals surface area contributed by atoms with E-state index in [-0.39, 0.29) is 5.91 Å². The highest BCUT2D eigenvalue weighted by Gasteiger charge is 2.22. The third kappa shape index (κ3) is 3.89.